The van der Waals surface area contributed by atoms with Gasteiger partial charge >= 0.3 is 18.9 Å². The zero-order valence-electron chi connectivity index (χ0n) is 12.1. The van der Waals surface area contributed by atoms with E-state index in [2.05, 4.69) is 4.98 Å². The monoisotopic (exact) mass is 315 g/mol. The number of hydrogen-bond acceptors (Lipinski definition) is 6. The Hall–Kier alpha value is -1.39. The second-order valence-electron chi connectivity index (χ2n) is 4.67. The predicted octanol–water partition coefficient (Wildman–Crippen LogP) is -1.60. The van der Waals surface area contributed by atoms with Gasteiger partial charge in [0.1, 0.15) is 22.7 Å². The number of aromatic carboxylic acids is 1. The largest absolute Gasteiger partial charge is 1.00 e. The van der Waals surface area contributed by atoms with E-state index in [1.807, 2.05) is 6.92 Å². The van der Waals surface area contributed by atoms with E-state index in [0.29, 0.717) is 18.2 Å². The summed E-state index contributed by atoms with van der Waals surface area (Å²) in [6, 6.07) is 2.59. The third-order valence-corrected chi connectivity index (χ3v) is 3.97. The normalized spacial score (nSPS) is 14.1. The van der Waals surface area contributed by atoms with Crippen molar-refractivity contribution in [1.29, 1.82) is 0 Å². The summed E-state index contributed by atoms with van der Waals surface area (Å²) in [7, 11) is 0. The quantitative estimate of drug-likeness (QED) is 0.636. The standard InChI is InChI=1S/C14H12FNO4S.Li/c1-7-4-16-13(21-7)10-2-8(20-9-5-19-6-9)3-11(12(10)15)14(17)18;/h2-4,9H,5-6H2,1H3,(H,17,18);/q;+1/p-1. The van der Waals surface area contributed by atoms with E-state index in [0.717, 1.165) is 10.9 Å². The van der Waals surface area contributed by atoms with Crippen LogP contribution in [0.25, 0.3) is 10.6 Å². The number of halogens is 1. The number of carboxylic acids is 1. The van der Waals surface area contributed by atoms with Gasteiger partial charge in [-0.3, -0.25) is 0 Å². The number of hydrogen-bond donors (Lipinski definition) is 0. The summed E-state index contributed by atoms with van der Waals surface area (Å²) in [6.45, 7) is 2.71. The number of carboxylic acid groups (broad SMARTS) is 1. The van der Waals surface area contributed by atoms with Gasteiger partial charge in [-0.1, -0.05) is 0 Å². The van der Waals surface area contributed by atoms with Crippen molar-refractivity contribution in [3.05, 3.63) is 34.6 Å². The number of aryl methyl sites for hydroxylation is 1. The molecule has 2 aromatic rings. The Balaban J connectivity index is 0.00000176. The van der Waals surface area contributed by atoms with Crippen molar-refractivity contribution in [3.8, 4) is 16.3 Å². The minimum atomic E-state index is -1.59. The summed E-state index contributed by atoms with van der Waals surface area (Å²) in [5.41, 5.74) is -0.430. The van der Waals surface area contributed by atoms with Crippen LogP contribution in [0.15, 0.2) is 18.3 Å². The Bertz CT molecular complexity index is 702. The Morgan fingerprint density at radius 2 is 2.23 bits per heavy atom. The molecule has 1 aliphatic heterocycles. The van der Waals surface area contributed by atoms with Gasteiger partial charge < -0.3 is 19.4 Å². The molecule has 0 aliphatic carbocycles. The Morgan fingerprint density at radius 3 is 2.73 bits per heavy atom. The minimum Gasteiger partial charge on any atom is -0.545 e. The molecule has 1 aromatic heterocycles. The summed E-state index contributed by atoms with van der Waals surface area (Å²) in [4.78, 5) is 16.1. The average molecular weight is 315 g/mol. The van der Waals surface area contributed by atoms with Gasteiger partial charge in [0.05, 0.1) is 24.7 Å². The fourth-order valence-electron chi connectivity index (χ4n) is 1.92. The summed E-state index contributed by atoms with van der Waals surface area (Å²) >= 11 is 1.28. The summed E-state index contributed by atoms with van der Waals surface area (Å²) in [6.07, 6.45) is 1.46. The minimum absolute atomic E-state index is 0. The van der Waals surface area contributed by atoms with E-state index >= 15 is 0 Å². The molecule has 1 fully saturated rings. The molecular formula is C14H11FLiNO4S. The van der Waals surface area contributed by atoms with E-state index in [1.54, 1.807) is 6.20 Å². The third-order valence-electron chi connectivity index (χ3n) is 3.03. The molecule has 0 amide bonds. The fraction of sp³-hybridized carbons (Fsp3) is 0.286. The third kappa shape index (κ3) is 3.33. The Morgan fingerprint density at radius 1 is 1.50 bits per heavy atom. The van der Waals surface area contributed by atoms with Gasteiger partial charge in [0.15, 0.2) is 0 Å². The van der Waals surface area contributed by atoms with Crippen LogP contribution in [-0.2, 0) is 4.74 Å². The fourth-order valence-corrected chi connectivity index (χ4v) is 2.70. The van der Waals surface area contributed by atoms with Crippen molar-refractivity contribution >= 4 is 17.3 Å². The maximum atomic E-state index is 14.3. The van der Waals surface area contributed by atoms with E-state index < -0.39 is 17.3 Å². The van der Waals surface area contributed by atoms with Crippen molar-refractivity contribution < 1.29 is 42.6 Å². The first-order valence-electron chi connectivity index (χ1n) is 6.26. The molecule has 0 radical (unpaired) electrons. The van der Waals surface area contributed by atoms with E-state index in [4.69, 9.17) is 9.47 Å². The molecule has 0 saturated carbocycles. The van der Waals surface area contributed by atoms with Crippen molar-refractivity contribution in [2.75, 3.05) is 13.2 Å². The maximum absolute atomic E-state index is 14.3. The molecule has 22 heavy (non-hydrogen) atoms. The molecule has 1 aliphatic rings. The predicted molar refractivity (Wildman–Crippen MR) is 71.8 cm³/mol. The molecule has 0 unspecified atom stereocenters. The molecule has 2 heterocycles. The molecule has 110 valence electrons. The van der Waals surface area contributed by atoms with Crippen molar-refractivity contribution in [3.63, 3.8) is 0 Å². The summed E-state index contributed by atoms with van der Waals surface area (Å²) < 4.78 is 24.8. The number of carbonyl (C=O) groups excluding carboxylic acids is 1. The van der Waals surface area contributed by atoms with Gasteiger partial charge in [-0.2, -0.15) is 0 Å². The van der Waals surface area contributed by atoms with Crippen molar-refractivity contribution in [2.24, 2.45) is 0 Å². The van der Waals surface area contributed by atoms with Gasteiger partial charge in [0.2, 0.25) is 0 Å². The van der Waals surface area contributed by atoms with Crippen LogP contribution in [0.3, 0.4) is 0 Å². The van der Waals surface area contributed by atoms with Crippen LogP contribution in [0.4, 0.5) is 4.39 Å². The molecule has 0 spiro atoms. The first kappa shape index (κ1) is 17.0. The molecule has 0 atom stereocenters. The number of carbonyl (C=O) groups is 1. The molecule has 5 nitrogen and oxygen atoms in total. The van der Waals surface area contributed by atoms with E-state index in [9.17, 15) is 14.3 Å². The molecule has 0 bridgehead atoms. The van der Waals surface area contributed by atoms with Gasteiger partial charge in [0.25, 0.3) is 0 Å². The number of benzene rings is 1. The molecule has 1 saturated heterocycles. The zero-order valence-corrected chi connectivity index (χ0v) is 12.9. The van der Waals surface area contributed by atoms with Crippen LogP contribution in [0, 0.1) is 12.7 Å². The zero-order chi connectivity index (χ0) is 15.0. The second kappa shape index (κ2) is 6.80. The number of nitrogens with zero attached hydrogens (tertiary/aromatic N) is 1. The first-order valence-corrected chi connectivity index (χ1v) is 7.08. The van der Waals surface area contributed by atoms with Gasteiger partial charge in [-0.15, -0.1) is 11.3 Å². The molecular weight excluding hydrogens is 304 g/mol. The van der Waals surface area contributed by atoms with E-state index in [1.165, 1.54) is 17.4 Å². The average Bonchev–Trinajstić information content (AvgIpc) is 2.81. The second-order valence-corrected chi connectivity index (χ2v) is 5.91. The molecule has 8 heteroatoms. The SMILES string of the molecule is Cc1cnc(-c2cc(OC3COC3)cc(C(=O)[O-])c2F)s1.[Li+]. The maximum Gasteiger partial charge on any atom is 1.00 e. The van der Waals surface area contributed by atoms with Crippen LogP contribution in [0.5, 0.6) is 5.75 Å². The number of ether oxygens (including phenoxy) is 2. The number of aromatic nitrogens is 1. The van der Waals surface area contributed by atoms with Crippen LogP contribution in [0.2, 0.25) is 0 Å². The van der Waals surface area contributed by atoms with E-state index in [-0.39, 0.29) is 36.3 Å². The van der Waals surface area contributed by atoms with Gasteiger partial charge in [-0.25, -0.2) is 9.37 Å². The topological polar surface area (TPSA) is 71.5 Å². The van der Waals surface area contributed by atoms with Crippen LogP contribution < -0.4 is 28.7 Å². The van der Waals surface area contributed by atoms with Crippen LogP contribution in [-0.4, -0.2) is 30.3 Å². The van der Waals surface area contributed by atoms with Crippen LogP contribution >= 0.6 is 11.3 Å². The number of thiazole rings is 1. The summed E-state index contributed by atoms with van der Waals surface area (Å²) in [5.74, 6) is -2.18. The molecule has 3 rings (SSSR count). The smallest absolute Gasteiger partial charge is 0.545 e. The van der Waals surface area contributed by atoms with Crippen LogP contribution in [0.1, 0.15) is 15.2 Å². The Kier molecular flexibility index (Phi) is 5.24. The summed E-state index contributed by atoms with van der Waals surface area (Å²) in [5, 5.41) is 11.5. The van der Waals surface area contributed by atoms with Gasteiger partial charge in [0, 0.05) is 16.6 Å². The molecule has 1 aromatic carbocycles. The Labute approximate surface area is 142 Å². The van der Waals surface area contributed by atoms with Crippen molar-refractivity contribution in [2.45, 2.75) is 13.0 Å². The first-order chi connectivity index (χ1) is 10.0. The number of rotatable bonds is 4. The van der Waals surface area contributed by atoms with Crippen molar-refractivity contribution in [1.82, 2.24) is 4.98 Å². The molecule has 0 N–H and O–H groups in total. The van der Waals surface area contributed by atoms with Gasteiger partial charge in [-0.05, 0) is 19.1 Å².